The van der Waals surface area contributed by atoms with Crippen LogP contribution in [0.15, 0.2) is 78.9 Å². The molecular weight excluding hydrogens is 418 g/mol. The largest absolute Gasteiger partial charge is 0.483 e. The van der Waals surface area contributed by atoms with Gasteiger partial charge in [-0.15, -0.1) is 0 Å². The molecule has 1 aliphatic heterocycles. The SMILES string of the molecule is CC1CC(=O)Nc2ccccc2N1C(=O)COc1ccccc1C(=O)NCc1ccccc1. The molecule has 0 aliphatic carbocycles. The molecule has 0 aromatic heterocycles. The first-order valence-electron chi connectivity index (χ1n) is 10.8. The van der Waals surface area contributed by atoms with E-state index in [1.54, 1.807) is 47.4 Å². The molecule has 33 heavy (non-hydrogen) atoms. The maximum absolute atomic E-state index is 13.2. The first kappa shape index (κ1) is 22.1. The van der Waals surface area contributed by atoms with Crippen LogP contribution < -0.4 is 20.3 Å². The van der Waals surface area contributed by atoms with Crippen molar-refractivity contribution >= 4 is 29.1 Å². The van der Waals surface area contributed by atoms with Crippen molar-refractivity contribution in [2.45, 2.75) is 25.9 Å². The van der Waals surface area contributed by atoms with Crippen molar-refractivity contribution in [2.24, 2.45) is 0 Å². The van der Waals surface area contributed by atoms with Gasteiger partial charge in [0.05, 0.1) is 16.9 Å². The normalized spacial score (nSPS) is 15.1. The number of fused-ring (bicyclic) bond motifs is 1. The lowest BCUT2D eigenvalue weighted by molar-refractivity contribution is -0.121. The number of benzene rings is 3. The molecule has 7 nitrogen and oxygen atoms in total. The summed E-state index contributed by atoms with van der Waals surface area (Å²) in [6, 6.07) is 23.3. The third kappa shape index (κ3) is 5.20. The number of hydrogen-bond acceptors (Lipinski definition) is 4. The van der Waals surface area contributed by atoms with E-state index in [9.17, 15) is 14.4 Å². The number of nitrogens with zero attached hydrogens (tertiary/aromatic N) is 1. The second-order valence-corrected chi connectivity index (χ2v) is 7.84. The van der Waals surface area contributed by atoms with Crippen molar-refractivity contribution < 1.29 is 19.1 Å². The fourth-order valence-electron chi connectivity index (χ4n) is 3.83. The Morgan fingerprint density at radius 2 is 1.70 bits per heavy atom. The molecule has 7 heteroatoms. The van der Waals surface area contributed by atoms with Crippen LogP contribution in [0.3, 0.4) is 0 Å². The lowest BCUT2D eigenvalue weighted by Crippen LogP contribution is -2.41. The van der Waals surface area contributed by atoms with Crippen molar-refractivity contribution in [2.75, 3.05) is 16.8 Å². The maximum Gasteiger partial charge on any atom is 0.265 e. The number of amides is 3. The van der Waals surface area contributed by atoms with Gasteiger partial charge < -0.3 is 20.3 Å². The summed E-state index contributed by atoms with van der Waals surface area (Å²) in [7, 11) is 0. The van der Waals surface area contributed by atoms with E-state index >= 15 is 0 Å². The zero-order valence-electron chi connectivity index (χ0n) is 18.3. The Morgan fingerprint density at radius 3 is 2.52 bits per heavy atom. The average Bonchev–Trinajstić information content (AvgIpc) is 2.96. The third-order valence-electron chi connectivity index (χ3n) is 5.41. The summed E-state index contributed by atoms with van der Waals surface area (Å²) in [5.74, 6) is -0.413. The van der Waals surface area contributed by atoms with Gasteiger partial charge >= 0.3 is 0 Å². The maximum atomic E-state index is 13.2. The first-order valence-corrected chi connectivity index (χ1v) is 10.8. The van der Waals surface area contributed by atoms with E-state index in [0.717, 1.165) is 5.56 Å². The molecule has 0 bridgehead atoms. The van der Waals surface area contributed by atoms with E-state index in [0.29, 0.717) is 29.2 Å². The number of ether oxygens (including phenoxy) is 1. The lowest BCUT2D eigenvalue weighted by atomic mass is 10.1. The molecule has 0 saturated carbocycles. The van der Waals surface area contributed by atoms with Crippen LogP contribution in [-0.4, -0.2) is 30.4 Å². The quantitative estimate of drug-likeness (QED) is 0.607. The Labute approximate surface area is 192 Å². The molecule has 1 unspecified atom stereocenters. The predicted octanol–water partition coefficient (Wildman–Crippen LogP) is 3.76. The summed E-state index contributed by atoms with van der Waals surface area (Å²) in [6.45, 7) is 1.94. The van der Waals surface area contributed by atoms with Crippen LogP contribution in [0.5, 0.6) is 5.75 Å². The van der Waals surface area contributed by atoms with Gasteiger partial charge in [0.25, 0.3) is 11.8 Å². The van der Waals surface area contributed by atoms with E-state index in [-0.39, 0.29) is 36.8 Å². The number of nitrogens with one attached hydrogen (secondary N) is 2. The summed E-state index contributed by atoms with van der Waals surface area (Å²) >= 11 is 0. The Hall–Kier alpha value is -4.13. The molecular formula is C26H25N3O4. The molecule has 3 amide bonds. The topological polar surface area (TPSA) is 87.7 Å². The second-order valence-electron chi connectivity index (χ2n) is 7.84. The van der Waals surface area contributed by atoms with Gasteiger partial charge in [0.15, 0.2) is 6.61 Å². The van der Waals surface area contributed by atoms with Crippen LogP contribution in [0.4, 0.5) is 11.4 Å². The van der Waals surface area contributed by atoms with Gasteiger partial charge in [0.1, 0.15) is 5.75 Å². The molecule has 3 aromatic rings. The van der Waals surface area contributed by atoms with Crippen LogP contribution in [0.25, 0.3) is 0 Å². The van der Waals surface area contributed by atoms with Crippen LogP contribution in [0.2, 0.25) is 0 Å². The van der Waals surface area contributed by atoms with Gasteiger partial charge in [-0.05, 0) is 36.8 Å². The van der Waals surface area contributed by atoms with Gasteiger partial charge in [-0.2, -0.15) is 0 Å². The molecule has 0 spiro atoms. The molecule has 1 heterocycles. The second kappa shape index (κ2) is 9.99. The Kier molecular flexibility index (Phi) is 6.69. The Balaban J connectivity index is 1.47. The van der Waals surface area contributed by atoms with Gasteiger partial charge in [-0.25, -0.2) is 0 Å². The van der Waals surface area contributed by atoms with Crippen LogP contribution in [-0.2, 0) is 16.1 Å². The minimum atomic E-state index is -0.339. The first-order chi connectivity index (χ1) is 16.0. The third-order valence-corrected chi connectivity index (χ3v) is 5.41. The Bertz CT molecular complexity index is 1160. The van der Waals surface area contributed by atoms with Crippen LogP contribution >= 0.6 is 0 Å². The van der Waals surface area contributed by atoms with Crippen LogP contribution in [0.1, 0.15) is 29.3 Å². The molecule has 1 aliphatic rings. The van der Waals surface area contributed by atoms with Gasteiger partial charge in [-0.1, -0.05) is 54.6 Å². The number of carbonyl (C=O) groups excluding carboxylic acids is 3. The number of hydrogen-bond donors (Lipinski definition) is 2. The summed E-state index contributed by atoms with van der Waals surface area (Å²) in [6.07, 6.45) is 0.179. The van der Waals surface area contributed by atoms with Crippen molar-refractivity contribution in [3.8, 4) is 5.75 Å². The van der Waals surface area contributed by atoms with E-state index < -0.39 is 0 Å². The summed E-state index contributed by atoms with van der Waals surface area (Å²) in [5.41, 5.74) is 2.54. The summed E-state index contributed by atoms with van der Waals surface area (Å²) in [4.78, 5) is 39.6. The predicted molar refractivity (Wildman–Crippen MR) is 126 cm³/mol. The number of carbonyl (C=O) groups is 3. The highest BCUT2D eigenvalue weighted by Crippen LogP contribution is 2.31. The molecule has 1 atom stereocenters. The minimum Gasteiger partial charge on any atom is -0.483 e. The monoisotopic (exact) mass is 443 g/mol. The van der Waals surface area contributed by atoms with E-state index in [4.69, 9.17) is 4.74 Å². The van der Waals surface area contributed by atoms with Gasteiger partial charge in [0.2, 0.25) is 5.91 Å². The van der Waals surface area contributed by atoms with E-state index in [2.05, 4.69) is 10.6 Å². The standard InChI is InChI=1S/C26H25N3O4/c1-18-15-24(30)28-21-12-6-7-13-22(21)29(18)25(31)17-33-23-14-8-5-11-20(23)26(32)27-16-19-9-3-2-4-10-19/h2-14,18H,15-17H2,1H3,(H,27,32)(H,28,30). The van der Waals surface area contributed by atoms with Gasteiger partial charge in [0, 0.05) is 19.0 Å². The van der Waals surface area contributed by atoms with Gasteiger partial charge in [-0.3, -0.25) is 14.4 Å². The zero-order valence-corrected chi connectivity index (χ0v) is 18.3. The summed E-state index contributed by atoms with van der Waals surface area (Å²) < 4.78 is 5.80. The molecule has 4 rings (SSSR count). The average molecular weight is 444 g/mol. The van der Waals surface area contributed by atoms with Crippen molar-refractivity contribution in [3.63, 3.8) is 0 Å². The molecule has 0 radical (unpaired) electrons. The van der Waals surface area contributed by atoms with Crippen molar-refractivity contribution in [3.05, 3.63) is 90.0 Å². The van der Waals surface area contributed by atoms with Crippen LogP contribution in [0, 0.1) is 0 Å². The van der Waals surface area contributed by atoms with Crippen molar-refractivity contribution in [1.29, 1.82) is 0 Å². The summed E-state index contributed by atoms with van der Waals surface area (Å²) in [5, 5.41) is 5.72. The zero-order chi connectivity index (χ0) is 23.2. The van der Waals surface area contributed by atoms with E-state index in [1.807, 2.05) is 43.3 Å². The number of anilines is 2. The molecule has 0 fully saturated rings. The number of rotatable bonds is 6. The lowest BCUT2D eigenvalue weighted by Gasteiger charge is -2.27. The van der Waals surface area contributed by atoms with E-state index in [1.165, 1.54) is 0 Å². The molecule has 0 saturated heterocycles. The molecule has 2 N–H and O–H groups in total. The minimum absolute atomic E-state index is 0.147. The fraction of sp³-hybridized carbons (Fsp3) is 0.192. The molecule has 168 valence electrons. The highest BCUT2D eigenvalue weighted by molar-refractivity contribution is 6.05. The number of para-hydroxylation sites is 3. The smallest absolute Gasteiger partial charge is 0.265 e. The van der Waals surface area contributed by atoms with Crippen molar-refractivity contribution in [1.82, 2.24) is 5.32 Å². The fourth-order valence-corrected chi connectivity index (χ4v) is 3.83. The Morgan fingerprint density at radius 1 is 1.00 bits per heavy atom. The molecule has 3 aromatic carbocycles. The highest BCUT2D eigenvalue weighted by Gasteiger charge is 2.30. The highest BCUT2D eigenvalue weighted by atomic mass is 16.5.